The highest BCUT2D eigenvalue weighted by Crippen LogP contribution is 2.32. The molecule has 0 aliphatic carbocycles. The van der Waals surface area contributed by atoms with Gasteiger partial charge in [0, 0.05) is 38.3 Å². The van der Waals surface area contributed by atoms with Gasteiger partial charge in [0.05, 0.1) is 5.69 Å². The van der Waals surface area contributed by atoms with Crippen LogP contribution in [0.15, 0.2) is 63.9 Å². The van der Waals surface area contributed by atoms with Gasteiger partial charge in [0.15, 0.2) is 5.84 Å². The Kier molecular flexibility index (Phi) is 5.24. The third-order valence-corrected chi connectivity index (χ3v) is 8.08. The lowest BCUT2D eigenvalue weighted by Gasteiger charge is -2.37. The van der Waals surface area contributed by atoms with Crippen LogP contribution >= 0.6 is 0 Å². The summed E-state index contributed by atoms with van der Waals surface area (Å²) in [5, 5.41) is 12.2. The summed E-state index contributed by atoms with van der Waals surface area (Å²) in [4.78, 5) is 19.5. The normalized spacial score (nSPS) is 21.2. The second-order valence-electron chi connectivity index (χ2n) is 8.78. The summed E-state index contributed by atoms with van der Waals surface area (Å²) in [5.41, 5.74) is 1.45. The molecule has 1 amide bonds. The number of anilines is 1. The van der Waals surface area contributed by atoms with E-state index < -0.39 is 16.1 Å². The van der Waals surface area contributed by atoms with Crippen molar-refractivity contribution < 1.29 is 13.2 Å². The predicted molar refractivity (Wildman–Crippen MR) is 128 cm³/mol. The van der Waals surface area contributed by atoms with Gasteiger partial charge in [-0.1, -0.05) is 35.4 Å². The second kappa shape index (κ2) is 8.45. The van der Waals surface area contributed by atoms with Crippen molar-refractivity contribution in [1.29, 1.82) is 0 Å². The average molecular weight is 493 g/mol. The van der Waals surface area contributed by atoms with E-state index in [1.807, 2.05) is 40.1 Å². The van der Waals surface area contributed by atoms with Crippen LogP contribution in [0.5, 0.6) is 0 Å². The smallest absolute Gasteiger partial charge is 0.285 e. The number of fused-ring (bicyclic) bond motifs is 1. The zero-order valence-electron chi connectivity index (χ0n) is 18.9. The molecule has 1 atom stereocenters. The van der Waals surface area contributed by atoms with E-state index in [4.69, 9.17) is 0 Å². The number of benzene rings is 2. The summed E-state index contributed by atoms with van der Waals surface area (Å²) < 4.78 is 30.8. The fourth-order valence-electron chi connectivity index (χ4n) is 5.03. The Labute approximate surface area is 202 Å². The van der Waals surface area contributed by atoms with Crippen LogP contribution in [-0.4, -0.2) is 88.9 Å². The monoisotopic (exact) mass is 492 g/mol. The van der Waals surface area contributed by atoms with Crippen molar-refractivity contribution in [1.82, 2.24) is 30.0 Å². The van der Waals surface area contributed by atoms with E-state index in [-0.39, 0.29) is 10.8 Å². The number of carbonyl (C=O) groups excluding carboxylic acids is 1. The van der Waals surface area contributed by atoms with E-state index in [1.165, 1.54) is 0 Å². The van der Waals surface area contributed by atoms with Crippen LogP contribution < -0.4 is 4.90 Å². The van der Waals surface area contributed by atoms with Crippen molar-refractivity contribution >= 4 is 27.7 Å². The number of amidine groups is 1. The molecule has 2 saturated heterocycles. The quantitative estimate of drug-likeness (QED) is 0.530. The van der Waals surface area contributed by atoms with Gasteiger partial charge in [-0.2, -0.15) is 13.1 Å². The third-order valence-electron chi connectivity index (χ3n) is 6.75. The van der Waals surface area contributed by atoms with Crippen molar-refractivity contribution in [2.24, 2.45) is 4.40 Å². The maximum absolute atomic E-state index is 13.5. The number of aromatic nitrogens is 4. The molecule has 11 nitrogen and oxygen atoms in total. The van der Waals surface area contributed by atoms with Crippen LogP contribution in [0.1, 0.15) is 18.4 Å². The molecule has 4 heterocycles. The second-order valence-corrected chi connectivity index (χ2v) is 10.3. The average Bonchev–Trinajstić information content (AvgIpc) is 3.63. The molecule has 0 bridgehead atoms. The number of hydrogen-bond donors (Lipinski definition) is 0. The van der Waals surface area contributed by atoms with Crippen LogP contribution in [0.4, 0.5) is 5.95 Å². The molecule has 0 radical (unpaired) electrons. The molecule has 2 fully saturated rings. The summed E-state index contributed by atoms with van der Waals surface area (Å²) in [6, 6.07) is 16.1. The maximum Gasteiger partial charge on any atom is 0.285 e. The molecule has 1 aromatic heterocycles. The van der Waals surface area contributed by atoms with Gasteiger partial charge >= 0.3 is 0 Å². The number of nitrogens with zero attached hydrogens (tertiary/aromatic N) is 8. The highest BCUT2D eigenvalue weighted by atomic mass is 32.2. The molecule has 0 unspecified atom stereocenters. The minimum absolute atomic E-state index is 0.00859. The van der Waals surface area contributed by atoms with Crippen molar-refractivity contribution in [3.05, 3.63) is 60.2 Å². The Balaban J connectivity index is 1.17. The molecule has 6 rings (SSSR count). The van der Waals surface area contributed by atoms with Crippen LogP contribution in [-0.2, 0) is 14.8 Å². The minimum atomic E-state index is -3.73. The van der Waals surface area contributed by atoms with Crippen molar-refractivity contribution in [2.45, 2.75) is 23.8 Å². The first kappa shape index (κ1) is 21.7. The Bertz CT molecular complexity index is 1400. The summed E-state index contributed by atoms with van der Waals surface area (Å²) in [6.07, 6.45) is 1.48. The van der Waals surface area contributed by atoms with Crippen LogP contribution in [0, 0.1) is 0 Å². The molecule has 12 heteroatoms. The standard InChI is InChI=1S/C23H24N8O3S/c32-22(19-10-6-12-30(19)21-18-9-4-5-11-20(18)35(33,34)25-21)28-13-15-29(16-14-28)23-24-26-27-31(23)17-7-2-1-3-8-17/h1-5,7-9,11,19H,6,10,12-16H2/t19-/m0/s1. The SMILES string of the molecule is O=C([C@@H]1CCCN1C1=NS(=O)(=O)c2ccccc21)N1CCN(c2nnnn2-c2ccccc2)CC1. The van der Waals surface area contributed by atoms with Gasteiger partial charge < -0.3 is 14.7 Å². The lowest BCUT2D eigenvalue weighted by molar-refractivity contribution is -0.135. The zero-order valence-corrected chi connectivity index (χ0v) is 19.8. The largest absolute Gasteiger partial charge is 0.343 e. The molecule has 0 spiro atoms. The highest BCUT2D eigenvalue weighted by molar-refractivity contribution is 7.90. The van der Waals surface area contributed by atoms with E-state index in [9.17, 15) is 13.2 Å². The first-order valence-electron chi connectivity index (χ1n) is 11.6. The van der Waals surface area contributed by atoms with E-state index in [0.717, 1.165) is 12.1 Å². The van der Waals surface area contributed by atoms with E-state index >= 15 is 0 Å². The number of amides is 1. The number of piperazine rings is 1. The van der Waals surface area contributed by atoms with Gasteiger partial charge in [-0.05, 0) is 47.5 Å². The number of sulfonamides is 1. The number of hydrogen-bond acceptors (Lipinski definition) is 8. The first-order chi connectivity index (χ1) is 17.0. The number of rotatable bonds is 3. The van der Waals surface area contributed by atoms with Gasteiger partial charge in [0.25, 0.3) is 10.0 Å². The predicted octanol–water partition coefficient (Wildman–Crippen LogP) is 0.924. The molecule has 2 aromatic carbocycles. The van der Waals surface area contributed by atoms with Crippen molar-refractivity contribution in [3.63, 3.8) is 0 Å². The van der Waals surface area contributed by atoms with E-state index in [2.05, 4.69) is 24.8 Å². The lowest BCUT2D eigenvalue weighted by atomic mass is 10.1. The van der Waals surface area contributed by atoms with Crippen molar-refractivity contribution in [3.8, 4) is 5.69 Å². The lowest BCUT2D eigenvalue weighted by Crippen LogP contribution is -2.54. The van der Waals surface area contributed by atoms with Crippen LogP contribution in [0.2, 0.25) is 0 Å². The summed E-state index contributed by atoms with van der Waals surface area (Å²) in [7, 11) is -3.73. The summed E-state index contributed by atoms with van der Waals surface area (Å²) >= 11 is 0. The van der Waals surface area contributed by atoms with Gasteiger partial charge in [-0.25, -0.2) is 0 Å². The Morgan fingerprint density at radius 2 is 1.66 bits per heavy atom. The number of carbonyl (C=O) groups is 1. The van der Waals surface area contributed by atoms with Gasteiger partial charge in [-0.3, -0.25) is 4.79 Å². The zero-order chi connectivity index (χ0) is 24.0. The summed E-state index contributed by atoms with van der Waals surface area (Å²) in [6.45, 7) is 2.87. The Morgan fingerprint density at radius 1 is 0.914 bits per heavy atom. The fraction of sp³-hybridized carbons (Fsp3) is 0.348. The number of tetrazole rings is 1. The molecule has 3 aliphatic heterocycles. The Hall–Kier alpha value is -3.80. The van der Waals surface area contributed by atoms with Crippen LogP contribution in [0.3, 0.4) is 0 Å². The fourth-order valence-corrected chi connectivity index (χ4v) is 6.24. The highest BCUT2D eigenvalue weighted by Gasteiger charge is 2.41. The Morgan fingerprint density at radius 3 is 2.46 bits per heavy atom. The summed E-state index contributed by atoms with van der Waals surface area (Å²) in [5.74, 6) is 1.04. The van der Waals surface area contributed by atoms with E-state index in [1.54, 1.807) is 28.9 Å². The third kappa shape index (κ3) is 3.73. The number of likely N-dealkylation sites (tertiary alicyclic amines) is 1. The number of para-hydroxylation sites is 1. The first-order valence-corrected chi connectivity index (χ1v) is 13.1. The van der Waals surface area contributed by atoms with Crippen LogP contribution in [0.25, 0.3) is 5.69 Å². The van der Waals surface area contributed by atoms with Gasteiger partial charge in [0.2, 0.25) is 11.9 Å². The molecular weight excluding hydrogens is 468 g/mol. The topological polar surface area (TPSA) is 117 Å². The molecule has 180 valence electrons. The minimum Gasteiger partial charge on any atom is -0.343 e. The van der Waals surface area contributed by atoms with Gasteiger partial charge in [-0.15, -0.1) is 4.40 Å². The molecule has 3 aliphatic rings. The van der Waals surface area contributed by atoms with E-state index in [0.29, 0.717) is 56.5 Å². The molecular formula is C23H24N8O3S. The molecule has 0 saturated carbocycles. The van der Waals surface area contributed by atoms with Gasteiger partial charge in [0.1, 0.15) is 10.9 Å². The molecule has 35 heavy (non-hydrogen) atoms. The molecule has 3 aromatic rings. The molecule has 0 N–H and O–H groups in total. The van der Waals surface area contributed by atoms with Crippen molar-refractivity contribution in [2.75, 3.05) is 37.6 Å². The maximum atomic E-state index is 13.5.